The Labute approximate surface area is 158 Å². The molecule has 3 aromatic heterocycles. The first kappa shape index (κ1) is 16.8. The molecule has 0 aliphatic rings. The number of pyridine rings is 2. The van der Waals surface area contributed by atoms with Gasteiger partial charge >= 0.3 is 0 Å². The Balaban J connectivity index is 1.74. The molecule has 1 N–H and O–H groups in total. The van der Waals surface area contributed by atoms with Crippen molar-refractivity contribution in [2.24, 2.45) is 0 Å². The van der Waals surface area contributed by atoms with Gasteiger partial charge < -0.3 is 5.32 Å². The van der Waals surface area contributed by atoms with Crippen molar-refractivity contribution in [3.05, 3.63) is 91.0 Å². The second-order valence-corrected chi connectivity index (χ2v) is 6.22. The van der Waals surface area contributed by atoms with Crippen LogP contribution in [-0.2, 0) is 0 Å². The summed E-state index contributed by atoms with van der Waals surface area (Å²) < 4.78 is 0. The molecule has 27 heavy (non-hydrogen) atoms. The SMILES string of the molecule is CC(Nc1cc(-c2ccncc2)nc(-c2cccnc2)n1)c1ccccc1. The molecule has 1 atom stereocenters. The van der Waals surface area contributed by atoms with Gasteiger partial charge in [-0.3, -0.25) is 9.97 Å². The van der Waals surface area contributed by atoms with E-state index in [0.717, 1.165) is 22.6 Å². The molecule has 132 valence electrons. The first-order valence-corrected chi connectivity index (χ1v) is 8.81. The smallest absolute Gasteiger partial charge is 0.163 e. The Morgan fingerprint density at radius 2 is 1.59 bits per heavy atom. The zero-order chi connectivity index (χ0) is 18.5. The average molecular weight is 353 g/mol. The molecule has 0 saturated carbocycles. The van der Waals surface area contributed by atoms with E-state index in [4.69, 9.17) is 9.97 Å². The molecule has 4 aromatic rings. The lowest BCUT2D eigenvalue weighted by molar-refractivity contribution is 0.873. The van der Waals surface area contributed by atoms with Gasteiger partial charge in [0.1, 0.15) is 5.82 Å². The molecule has 5 heteroatoms. The summed E-state index contributed by atoms with van der Waals surface area (Å²) in [6.07, 6.45) is 7.05. The molecule has 0 saturated heterocycles. The fourth-order valence-corrected chi connectivity index (χ4v) is 2.86. The second-order valence-electron chi connectivity index (χ2n) is 6.22. The number of rotatable bonds is 5. The van der Waals surface area contributed by atoms with Crippen molar-refractivity contribution < 1.29 is 0 Å². The molecule has 1 unspecified atom stereocenters. The predicted octanol–water partition coefficient (Wildman–Crippen LogP) is 4.77. The minimum atomic E-state index is 0.119. The van der Waals surface area contributed by atoms with Crippen LogP contribution in [0, 0.1) is 0 Å². The number of aromatic nitrogens is 4. The van der Waals surface area contributed by atoms with E-state index >= 15 is 0 Å². The lowest BCUT2D eigenvalue weighted by Crippen LogP contribution is -2.09. The van der Waals surface area contributed by atoms with Crippen molar-refractivity contribution in [1.29, 1.82) is 0 Å². The minimum Gasteiger partial charge on any atom is -0.363 e. The molecule has 4 rings (SSSR count). The number of benzene rings is 1. The first-order chi connectivity index (χ1) is 13.3. The zero-order valence-corrected chi connectivity index (χ0v) is 14.9. The van der Waals surface area contributed by atoms with Gasteiger partial charge in [0.05, 0.1) is 5.69 Å². The Hall–Kier alpha value is -3.60. The van der Waals surface area contributed by atoms with Gasteiger partial charge in [-0.15, -0.1) is 0 Å². The lowest BCUT2D eigenvalue weighted by atomic mass is 10.1. The van der Waals surface area contributed by atoms with Gasteiger partial charge in [0.2, 0.25) is 0 Å². The van der Waals surface area contributed by atoms with Gasteiger partial charge in [-0.2, -0.15) is 0 Å². The molecule has 0 fully saturated rings. The highest BCUT2D eigenvalue weighted by Crippen LogP contribution is 2.26. The molecule has 0 amide bonds. The van der Waals surface area contributed by atoms with Crippen molar-refractivity contribution in [3.8, 4) is 22.6 Å². The van der Waals surface area contributed by atoms with Crippen LogP contribution in [0.4, 0.5) is 5.82 Å². The van der Waals surface area contributed by atoms with Crippen LogP contribution in [-0.4, -0.2) is 19.9 Å². The maximum Gasteiger partial charge on any atom is 0.163 e. The van der Waals surface area contributed by atoms with E-state index in [0.29, 0.717) is 5.82 Å². The summed E-state index contributed by atoms with van der Waals surface area (Å²) in [5, 5.41) is 3.49. The van der Waals surface area contributed by atoms with E-state index in [2.05, 4.69) is 34.3 Å². The van der Waals surface area contributed by atoms with E-state index in [-0.39, 0.29) is 6.04 Å². The summed E-state index contributed by atoms with van der Waals surface area (Å²) >= 11 is 0. The van der Waals surface area contributed by atoms with E-state index in [1.807, 2.05) is 48.5 Å². The van der Waals surface area contributed by atoms with Crippen LogP contribution >= 0.6 is 0 Å². The van der Waals surface area contributed by atoms with Crippen molar-refractivity contribution in [3.63, 3.8) is 0 Å². The van der Waals surface area contributed by atoms with Gasteiger partial charge in [-0.05, 0) is 36.8 Å². The summed E-state index contributed by atoms with van der Waals surface area (Å²) in [6.45, 7) is 2.12. The highest BCUT2D eigenvalue weighted by molar-refractivity contribution is 5.67. The maximum absolute atomic E-state index is 4.74. The fraction of sp³-hybridized carbons (Fsp3) is 0.0909. The van der Waals surface area contributed by atoms with E-state index < -0.39 is 0 Å². The summed E-state index contributed by atoms with van der Waals surface area (Å²) in [7, 11) is 0. The standard InChI is InChI=1S/C22H19N5/c1-16(17-6-3-2-4-7-17)25-21-14-20(18-9-12-23-13-10-18)26-22(27-21)19-8-5-11-24-15-19/h2-16H,1H3,(H,25,26,27). The van der Waals surface area contributed by atoms with Crippen LogP contribution in [0.3, 0.4) is 0 Å². The Morgan fingerprint density at radius 3 is 2.33 bits per heavy atom. The Bertz CT molecular complexity index is 947. The van der Waals surface area contributed by atoms with E-state index in [9.17, 15) is 0 Å². The summed E-state index contributed by atoms with van der Waals surface area (Å²) in [5.74, 6) is 1.41. The Morgan fingerprint density at radius 1 is 0.778 bits per heavy atom. The molecule has 0 radical (unpaired) electrons. The third-order valence-electron chi connectivity index (χ3n) is 4.29. The largest absolute Gasteiger partial charge is 0.363 e. The maximum atomic E-state index is 4.74. The van der Waals surface area contributed by atoms with Crippen LogP contribution in [0.5, 0.6) is 0 Å². The molecule has 0 aliphatic heterocycles. The van der Waals surface area contributed by atoms with Gasteiger partial charge in [-0.1, -0.05) is 30.3 Å². The number of hydrogen-bond acceptors (Lipinski definition) is 5. The number of hydrogen-bond donors (Lipinski definition) is 1. The van der Waals surface area contributed by atoms with Crippen LogP contribution in [0.25, 0.3) is 22.6 Å². The highest BCUT2D eigenvalue weighted by Gasteiger charge is 2.11. The van der Waals surface area contributed by atoms with Crippen LogP contribution < -0.4 is 5.32 Å². The topological polar surface area (TPSA) is 63.6 Å². The van der Waals surface area contributed by atoms with Gasteiger partial charge in [0.25, 0.3) is 0 Å². The summed E-state index contributed by atoms with van der Waals surface area (Å²) in [6, 6.07) is 20.1. The van der Waals surface area contributed by atoms with Gasteiger partial charge in [0, 0.05) is 48.0 Å². The van der Waals surface area contributed by atoms with E-state index in [1.165, 1.54) is 5.56 Å². The fourth-order valence-electron chi connectivity index (χ4n) is 2.86. The molecular weight excluding hydrogens is 334 g/mol. The normalized spacial score (nSPS) is 11.7. The molecular formula is C22H19N5. The van der Waals surface area contributed by atoms with Crippen molar-refractivity contribution in [2.75, 3.05) is 5.32 Å². The van der Waals surface area contributed by atoms with E-state index in [1.54, 1.807) is 24.8 Å². The summed E-state index contributed by atoms with van der Waals surface area (Å²) in [4.78, 5) is 17.7. The molecule has 1 aromatic carbocycles. The van der Waals surface area contributed by atoms with Crippen LogP contribution in [0.2, 0.25) is 0 Å². The monoisotopic (exact) mass is 353 g/mol. The highest BCUT2D eigenvalue weighted by atomic mass is 15.0. The third-order valence-corrected chi connectivity index (χ3v) is 4.29. The van der Waals surface area contributed by atoms with Crippen LogP contribution in [0.15, 0.2) is 85.5 Å². The Kier molecular flexibility index (Phi) is 4.83. The van der Waals surface area contributed by atoms with Crippen LogP contribution in [0.1, 0.15) is 18.5 Å². The van der Waals surface area contributed by atoms with Crippen molar-refractivity contribution in [2.45, 2.75) is 13.0 Å². The quantitative estimate of drug-likeness (QED) is 0.560. The van der Waals surface area contributed by atoms with Gasteiger partial charge in [0.15, 0.2) is 5.82 Å². The molecule has 0 aliphatic carbocycles. The molecule has 3 heterocycles. The number of nitrogens with zero attached hydrogens (tertiary/aromatic N) is 4. The zero-order valence-electron chi connectivity index (χ0n) is 14.9. The number of nitrogens with one attached hydrogen (secondary N) is 1. The van der Waals surface area contributed by atoms with Crippen molar-refractivity contribution in [1.82, 2.24) is 19.9 Å². The van der Waals surface area contributed by atoms with Gasteiger partial charge in [-0.25, -0.2) is 9.97 Å². The molecule has 5 nitrogen and oxygen atoms in total. The minimum absolute atomic E-state index is 0.119. The second kappa shape index (κ2) is 7.74. The predicted molar refractivity (Wildman–Crippen MR) is 107 cm³/mol. The molecule has 0 spiro atoms. The van der Waals surface area contributed by atoms with Crippen molar-refractivity contribution >= 4 is 5.82 Å². The summed E-state index contributed by atoms with van der Waals surface area (Å²) in [5.41, 5.74) is 3.91. The molecule has 0 bridgehead atoms. The lowest BCUT2D eigenvalue weighted by Gasteiger charge is -2.16. The average Bonchev–Trinajstić information content (AvgIpc) is 2.75. The first-order valence-electron chi connectivity index (χ1n) is 8.81. The number of anilines is 1. The third kappa shape index (κ3) is 3.98.